The molecule has 1 fully saturated rings. The van der Waals surface area contributed by atoms with Crippen LogP contribution >= 0.6 is 0 Å². The van der Waals surface area contributed by atoms with Crippen molar-refractivity contribution in [3.63, 3.8) is 0 Å². The number of hydrogen-bond donors (Lipinski definition) is 2. The summed E-state index contributed by atoms with van der Waals surface area (Å²) in [5.41, 5.74) is 2.41. The molecule has 2 rings (SSSR count). The van der Waals surface area contributed by atoms with Gasteiger partial charge < -0.3 is 15.3 Å². The van der Waals surface area contributed by atoms with Gasteiger partial charge >= 0.3 is 0 Å². The summed E-state index contributed by atoms with van der Waals surface area (Å²) >= 11 is 0. The number of hydrogen-bond acceptors (Lipinski definition) is 3. The van der Waals surface area contributed by atoms with Gasteiger partial charge in [0.15, 0.2) is 0 Å². The summed E-state index contributed by atoms with van der Waals surface area (Å²) in [6.07, 6.45) is 4.52. The van der Waals surface area contributed by atoms with Crippen LogP contribution in [0.1, 0.15) is 31.7 Å². The Kier molecular flexibility index (Phi) is 5.67. The molecule has 0 bridgehead atoms. The first-order valence-electron chi connectivity index (χ1n) is 7.50. The molecule has 0 spiro atoms. The van der Waals surface area contributed by atoms with Crippen LogP contribution in [0.25, 0.3) is 0 Å². The van der Waals surface area contributed by atoms with E-state index in [0.29, 0.717) is 6.04 Å². The Morgan fingerprint density at radius 1 is 1.21 bits per heavy atom. The first-order chi connectivity index (χ1) is 9.31. The minimum Gasteiger partial charge on any atom is -0.396 e. The lowest BCUT2D eigenvalue weighted by atomic mass is 10.1. The highest BCUT2D eigenvalue weighted by Crippen LogP contribution is 2.17. The van der Waals surface area contributed by atoms with Crippen molar-refractivity contribution in [2.24, 2.45) is 0 Å². The Bertz CT molecular complexity index is 364. The van der Waals surface area contributed by atoms with Gasteiger partial charge in [0.1, 0.15) is 0 Å². The molecule has 3 heteroatoms. The minimum atomic E-state index is 0.224. The Morgan fingerprint density at radius 2 is 2.00 bits per heavy atom. The van der Waals surface area contributed by atoms with E-state index in [1.165, 1.54) is 50.1 Å². The number of aliphatic hydroxyl groups is 1. The molecule has 1 unspecified atom stereocenters. The minimum absolute atomic E-state index is 0.224. The van der Waals surface area contributed by atoms with Crippen LogP contribution in [0.5, 0.6) is 0 Å². The third-order valence-corrected chi connectivity index (χ3v) is 3.99. The Labute approximate surface area is 116 Å². The maximum Gasteiger partial charge on any atom is 0.0471 e. The van der Waals surface area contributed by atoms with Crippen molar-refractivity contribution < 1.29 is 5.11 Å². The molecule has 106 valence electrons. The molecule has 1 aliphatic heterocycles. The third kappa shape index (κ3) is 4.51. The first-order valence-corrected chi connectivity index (χ1v) is 7.50. The molecule has 1 aromatic carbocycles. The molecule has 3 nitrogen and oxygen atoms in total. The SMILES string of the molecule is CCN1CCCC(Nc2ccc(CCO)cc2)CC1. The van der Waals surface area contributed by atoms with Crippen molar-refractivity contribution in [3.05, 3.63) is 29.8 Å². The van der Waals surface area contributed by atoms with Gasteiger partial charge in [-0.2, -0.15) is 0 Å². The lowest BCUT2D eigenvalue weighted by Crippen LogP contribution is -2.26. The zero-order chi connectivity index (χ0) is 13.5. The highest BCUT2D eigenvalue weighted by atomic mass is 16.2. The number of anilines is 1. The van der Waals surface area contributed by atoms with Crippen LogP contribution in [0.2, 0.25) is 0 Å². The fourth-order valence-electron chi connectivity index (χ4n) is 2.75. The average molecular weight is 262 g/mol. The topological polar surface area (TPSA) is 35.5 Å². The number of nitrogens with one attached hydrogen (secondary N) is 1. The van der Waals surface area contributed by atoms with E-state index in [2.05, 4.69) is 41.4 Å². The summed E-state index contributed by atoms with van der Waals surface area (Å²) in [5.74, 6) is 0. The summed E-state index contributed by atoms with van der Waals surface area (Å²) in [6, 6.07) is 9.07. The second-order valence-electron chi connectivity index (χ2n) is 5.38. The molecular weight excluding hydrogens is 236 g/mol. The molecule has 0 radical (unpaired) electrons. The van der Waals surface area contributed by atoms with Gasteiger partial charge in [-0.05, 0) is 56.5 Å². The van der Waals surface area contributed by atoms with Gasteiger partial charge in [-0.1, -0.05) is 19.1 Å². The molecule has 1 saturated heterocycles. The van der Waals surface area contributed by atoms with E-state index in [9.17, 15) is 0 Å². The predicted molar refractivity (Wildman–Crippen MR) is 80.6 cm³/mol. The number of likely N-dealkylation sites (tertiary alicyclic amines) is 1. The van der Waals surface area contributed by atoms with E-state index >= 15 is 0 Å². The molecular formula is C16H26N2O. The van der Waals surface area contributed by atoms with E-state index in [1.807, 2.05) is 0 Å². The highest BCUT2D eigenvalue weighted by molar-refractivity contribution is 5.45. The molecule has 0 saturated carbocycles. The summed E-state index contributed by atoms with van der Waals surface area (Å²) < 4.78 is 0. The molecule has 19 heavy (non-hydrogen) atoms. The van der Waals surface area contributed by atoms with Crippen LogP contribution in [0.15, 0.2) is 24.3 Å². The van der Waals surface area contributed by atoms with Crippen LogP contribution in [-0.4, -0.2) is 42.3 Å². The smallest absolute Gasteiger partial charge is 0.0471 e. The van der Waals surface area contributed by atoms with Crippen LogP contribution in [0.4, 0.5) is 5.69 Å². The quantitative estimate of drug-likeness (QED) is 0.856. The van der Waals surface area contributed by atoms with Crippen molar-refractivity contribution in [1.29, 1.82) is 0 Å². The molecule has 0 aromatic heterocycles. The lowest BCUT2D eigenvalue weighted by molar-refractivity contribution is 0.299. The fraction of sp³-hybridized carbons (Fsp3) is 0.625. The molecule has 1 aromatic rings. The second-order valence-corrected chi connectivity index (χ2v) is 5.38. The van der Waals surface area contributed by atoms with Crippen LogP contribution < -0.4 is 5.32 Å². The predicted octanol–water partition coefficient (Wildman–Crippen LogP) is 2.51. The standard InChI is InChI=1S/C16H26N2O/c1-2-18-11-3-4-15(9-12-18)17-16-7-5-14(6-8-16)10-13-19/h5-8,15,17,19H,2-4,9-13H2,1H3. The summed E-state index contributed by atoms with van der Waals surface area (Å²) in [6.45, 7) is 6.08. The Morgan fingerprint density at radius 3 is 2.68 bits per heavy atom. The van der Waals surface area contributed by atoms with Crippen LogP contribution in [-0.2, 0) is 6.42 Å². The average Bonchev–Trinajstić information content (AvgIpc) is 2.66. The Balaban J connectivity index is 1.86. The number of rotatable bonds is 5. The Hall–Kier alpha value is -1.06. The third-order valence-electron chi connectivity index (χ3n) is 3.99. The van der Waals surface area contributed by atoms with Gasteiger partial charge in [0.2, 0.25) is 0 Å². The van der Waals surface area contributed by atoms with Gasteiger partial charge in [-0.15, -0.1) is 0 Å². The van der Waals surface area contributed by atoms with Crippen molar-refractivity contribution >= 4 is 5.69 Å². The zero-order valence-corrected chi connectivity index (χ0v) is 11.9. The van der Waals surface area contributed by atoms with E-state index in [1.54, 1.807) is 0 Å². The second kappa shape index (κ2) is 7.51. The lowest BCUT2D eigenvalue weighted by Gasteiger charge is -2.19. The molecule has 0 amide bonds. The maximum absolute atomic E-state index is 8.91. The van der Waals surface area contributed by atoms with Gasteiger partial charge in [0.05, 0.1) is 0 Å². The zero-order valence-electron chi connectivity index (χ0n) is 11.9. The molecule has 1 aliphatic rings. The normalized spacial score (nSPS) is 21.1. The molecule has 1 atom stereocenters. The van der Waals surface area contributed by atoms with Crippen molar-refractivity contribution in [3.8, 4) is 0 Å². The summed E-state index contributed by atoms with van der Waals surface area (Å²) in [4.78, 5) is 2.53. The summed E-state index contributed by atoms with van der Waals surface area (Å²) in [7, 11) is 0. The summed E-state index contributed by atoms with van der Waals surface area (Å²) in [5, 5.41) is 12.6. The van der Waals surface area contributed by atoms with Gasteiger partial charge in [-0.3, -0.25) is 0 Å². The van der Waals surface area contributed by atoms with E-state index in [-0.39, 0.29) is 6.61 Å². The fourth-order valence-corrected chi connectivity index (χ4v) is 2.75. The first kappa shape index (κ1) is 14.4. The molecule has 1 heterocycles. The van der Waals surface area contributed by atoms with Gasteiger partial charge in [-0.25, -0.2) is 0 Å². The molecule has 2 N–H and O–H groups in total. The van der Waals surface area contributed by atoms with Crippen LogP contribution in [0.3, 0.4) is 0 Å². The highest BCUT2D eigenvalue weighted by Gasteiger charge is 2.15. The van der Waals surface area contributed by atoms with Gasteiger partial charge in [0.25, 0.3) is 0 Å². The van der Waals surface area contributed by atoms with E-state index in [4.69, 9.17) is 5.11 Å². The van der Waals surface area contributed by atoms with E-state index < -0.39 is 0 Å². The monoisotopic (exact) mass is 262 g/mol. The van der Waals surface area contributed by atoms with Gasteiger partial charge in [0, 0.05) is 24.9 Å². The number of aliphatic hydroxyl groups excluding tert-OH is 1. The largest absolute Gasteiger partial charge is 0.396 e. The maximum atomic E-state index is 8.91. The number of nitrogens with zero attached hydrogens (tertiary/aromatic N) is 1. The van der Waals surface area contributed by atoms with Crippen LogP contribution in [0, 0.1) is 0 Å². The van der Waals surface area contributed by atoms with Crippen molar-refractivity contribution in [2.45, 2.75) is 38.6 Å². The van der Waals surface area contributed by atoms with Crippen molar-refractivity contribution in [2.75, 3.05) is 31.6 Å². The van der Waals surface area contributed by atoms with E-state index in [0.717, 1.165) is 6.42 Å². The number of benzene rings is 1. The van der Waals surface area contributed by atoms with Crippen molar-refractivity contribution in [1.82, 2.24) is 4.90 Å². The molecule has 0 aliphatic carbocycles.